The lowest BCUT2D eigenvalue weighted by molar-refractivity contribution is 1.18. The smallest absolute Gasteiger partial charge is 0.160 e. The predicted octanol–water partition coefficient (Wildman–Crippen LogP) is 7.78. The maximum absolute atomic E-state index is 4.62. The number of benzene rings is 5. The Hall–Kier alpha value is -4.30. The second-order valence-electron chi connectivity index (χ2n) is 7.86. The molecule has 0 fully saturated rings. The monoisotopic (exact) mass is 408 g/mol. The Labute approximate surface area is 186 Å². The molecule has 5 aromatic carbocycles. The molecule has 6 aromatic rings. The van der Waals surface area contributed by atoms with Crippen molar-refractivity contribution in [3.63, 3.8) is 0 Å². The minimum atomic E-state index is 0.751. The minimum absolute atomic E-state index is 0.751. The van der Waals surface area contributed by atoms with Crippen molar-refractivity contribution in [3.05, 3.63) is 122 Å². The Bertz CT molecular complexity index is 1540. The van der Waals surface area contributed by atoms with Gasteiger partial charge in [0.1, 0.15) is 0 Å². The maximum atomic E-state index is 4.62. The van der Waals surface area contributed by atoms with E-state index >= 15 is 0 Å². The highest BCUT2D eigenvalue weighted by Crippen LogP contribution is 2.43. The van der Waals surface area contributed by atoms with Crippen molar-refractivity contribution < 1.29 is 0 Å². The molecule has 0 saturated heterocycles. The number of aromatic nitrogens is 2. The van der Waals surface area contributed by atoms with Crippen LogP contribution in [0.15, 0.2) is 122 Å². The highest BCUT2D eigenvalue weighted by Gasteiger charge is 2.18. The van der Waals surface area contributed by atoms with Crippen LogP contribution < -0.4 is 0 Å². The van der Waals surface area contributed by atoms with E-state index in [2.05, 4.69) is 113 Å². The Kier molecular flexibility index (Phi) is 4.47. The van der Waals surface area contributed by atoms with Gasteiger partial charge in [-0.05, 0) is 55.9 Å². The molecule has 0 radical (unpaired) electrons. The summed E-state index contributed by atoms with van der Waals surface area (Å²) in [6, 6.07) is 38.4. The van der Waals surface area contributed by atoms with Gasteiger partial charge in [0.2, 0.25) is 0 Å². The molecule has 0 spiro atoms. The summed E-state index contributed by atoms with van der Waals surface area (Å²) in [7, 11) is 0. The molecular formula is C30H20N2. The van der Waals surface area contributed by atoms with E-state index in [0.717, 1.165) is 22.2 Å². The molecule has 2 heteroatoms. The van der Waals surface area contributed by atoms with Gasteiger partial charge < -0.3 is 0 Å². The standard InChI is InChI=1S/C30H20N2/c1-3-10-21(11-4-1)23-16-17-26-27(20-23)28(22-12-5-2-6-13-22)24-14-7-8-15-25(24)29(26)30-31-18-9-19-32-30/h1-20H. The summed E-state index contributed by atoms with van der Waals surface area (Å²) in [6.07, 6.45) is 3.62. The fourth-order valence-electron chi connectivity index (χ4n) is 4.57. The first-order valence-electron chi connectivity index (χ1n) is 10.8. The lowest BCUT2D eigenvalue weighted by atomic mass is 9.86. The molecular weight excluding hydrogens is 388 g/mol. The van der Waals surface area contributed by atoms with Gasteiger partial charge in [-0.2, -0.15) is 0 Å². The Balaban J connectivity index is 1.80. The minimum Gasteiger partial charge on any atom is -0.237 e. The number of hydrogen-bond acceptors (Lipinski definition) is 2. The Morgan fingerprint density at radius 3 is 1.62 bits per heavy atom. The summed E-state index contributed by atoms with van der Waals surface area (Å²) >= 11 is 0. The third kappa shape index (κ3) is 3.05. The van der Waals surface area contributed by atoms with Crippen molar-refractivity contribution in [1.82, 2.24) is 9.97 Å². The van der Waals surface area contributed by atoms with E-state index < -0.39 is 0 Å². The van der Waals surface area contributed by atoms with E-state index in [0.29, 0.717) is 0 Å². The quantitative estimate of drug-likeness (QED) is 0.279. The van der Waals surface area contributed by atoms with Crippen LogP contribution in [0, 0.1) is 0 Å². The van der Waals surface area contributed by atoms with Crippen molar-refractivity contribution in [3.8, 4) is 33.6 Å². The van der Waals surface area contributed by atoms with Crippen molar-refractivity contribution in [2.75, 3.05) is 0 Å². The molecule has 1 heterocycles. The second kappa shape index (κ2) is 7.75. The van der Waals surface area contributed by atoms with Crippen LogP contribution in [0.5, 0.6) is 0 Å². The lowest BCUT2D eigenvalue weighted by Crippen LogP contribution is -1.94. The number of hydrogen-bond donors (Lipinski definition) is 0. The molecule has 150 valence electrons. The molecule has 0 N–H and O–H groups in total. The van der Waals surface area contributed by atoms with Crippen LogP contribution in [0.2, 0.25) is 0 Å². The first-order valence-corrected chi connectivity index (χ1v) is 10.8. The largest absolute Gasteiger partial charge is 0.237 e. The zero-order chi connectivity index (χ0) is 21.3. The molecule has 0 aliphatic carbocycles. The molecule has 6 rings (SSSR count). The van der Waals surface area contributed by atoms with Gasteiger partial charge in [-0.25, -0.2) is 9.97 Å². The third-order valence-corrected chi connectivity index (χ3v) is 5.98. The third-order valence-electron chi connectivity index (χ3n) is 5.98. The normalized spacial score (nSPS) is 11.1. The van der Waals surface area contributed by atoms with Gasteiger partial charge in [0.15, 0.2) is 5.82 Å². The first kappa shape index (κ1) is 18.5. The average Bonchev–Trinajstić information content (AvgIpc) is 2.88. The van der Waals surface area contributed by atoms with E-state index in [1.54, 1.807) is 0 Å². The van der Waals surface area contributed by atoms with Crippen LogP contribution in [0.1, 0.15) is 0 Å². The molecule has 0 saturated carbocycles. The highest BCUT2D eigenvalue weighted by atomic mass is 14.9. The van der Waals surface area contributed by atoms with Crippen LogP contribution in [0.25, 0.3) is 55.2 Å². The van der Waals surface area contributed by atoms with Gasteiger partial charge >= 0.3 is 0 Å². The molecule has 0 atom stereocenters. The van der Waals surface area contributed by atoms with Crippen molar-refractivity contribution in [1.29, 1.82) is 0 Å². The second-order valence-corrected chi connectivity index (χ2v) is 7.86. The van der Waals surface area contributed by atoms with Crippen LogP contribution in [-0.4, -0.2) is 9.97 Å². The van der Waals surface area contributed by atoms with Gasteiger partial charge in [-0.1, -0.05) is 97.1 Å². The topological polar surface area (TPSA) is 25.8 Å². The fourth-order valence-corrected chi connectivity index (χ4v) is 4.57. The maximum Gasteiger partial charge on any atom is 0.160 e. The zero-order valence-electron chi connectivity index (χ0n) is 17.4. The van der Waals surface area contributed by atoms with Gasteiger partial charge in [0.05, 0.1) is 0 Å². The molecule has 0 aliphatic rings. The van der Waals surface area contributed by atoms with Crippen molar-refractivity contribution in [2.45, 2.75) is 0 Å². The molecule has 1 aromatic heterocycles. The number of rotatable bonds is 3. The zero-order valence-corrected chi connectivity index (χ0v) is 17.4. The van der Waals surface area contributed by atoms with E-state index in [9.17, 15) is 0 Å². The lowest BCUT2D eigenvalue weighted by Gasteiger charge is -2.17. The molecule has 32 heavy (non-hydrogen) atoms. The van der Waals surface area contributed by atoms with Gasteiger partial charge in [-0.15, -0.1) is 0 Å². The van der Waals surface area contributed by atoms with E-state index in [1.807, 2.05) is 18.5 Å². The number of nitrogens with zero attached hydrogens (tertiary/aromatic N) is 2. The summed E-state index contributed by atoms with van der Waals surface area (Å²) in [5, 5.41) is 4.74. The van der Waals surface area contributed by atoms with Crippen molar-refractivity contribution >= 4 is 21.5 Å². The van der Waals surface area contributed by atoms with Crippen LogP contribution in [0.4, 0.5) is 0 Å². The van der Waals surface area contributed by atoms with Gasteiger partial charge in [-0.3, -0.25) is 0 Å². The van der Waals surface area contributed by atoms with Gasteiger partial charge in [0.25, 0.3) is 0 Å². The molecule has 0 unspecified atom stereocenters. The number of fused-ring (bicyclic) bond motifs is 2. The SMILES string of the molecule is c1ccc(-c2ccc3c(-c4ncccn4)c4ccccc4c(-c4ccccc4)c3c2)cc1. The Morgan fingerprint density at radius 1 is 0.375 bits per heavy atom. The van der Waals surface area contributed by atoms with E-state index in [1.165, 1.54) is 33.0 Å². The van der Waals surface area contributed by atoms with Crippen LogP contribution >= 0.6 is 0 Å². The van der Waals surface area contributed by atoms with Gasteiger partial charge in [0, 0.05) is 18.0 Å². The van der Waals surface area contributed by atoms with E-state index in [-0.39, 0.29) is 0 Å². The van der Waals surface area contributed by atoms with Crippen LogP contribution in [-0.2, 0) is 0 Å². The summed E-state index contributed by atoms with van der Waals surface area (Å²) in [5.41, 5.74) is 5.94. The Morgan fingerprint density at radius 2 is 0.938 bits per heavy atom. The predicted molar refractivity (Wildman–Crippen MR) is 133 cm³/mol. The molecule has 2 nitrogen and oxygen atoms in total. The summed E-state index contributed by atoms with van der Waals surface area (Å²) in [4.78, 5) is 9.24. The average molecular weight is 409 g/mol. The molecule has 0 amide bonds. The van der Waals surface area contributed by atoms with Crippen molar-refractivity contribution in [2.24, 2.45) is 0 Å². The summed E-state index contributed by atoms with van der Waals surface area (Å²) < 4.78 is 0. The first-order chi connectivity index (χ1) is 15.9. The fraction of sp³-hybridized carbons (Fsp3) is 0. The highest BCUT2D eigenvalue weighted by molar-refractivity contribution is 6.21. The molecule has 0 bridgehead atoms. The summed E-state index contributed by atoms with van der Waals surface area (Å²) in [6.45, 7) is 0. The summed E-state index contributed by atoms with van der Waals surface area (Å²) in [5.74, 6) is 0.751. The molecule has 0 aliphatic heterocycles. The van der Waals surface area contributed by atoms with Crippen LogP contribution in [0.3, 0.4) is 0 Å². The van der Waals surface area contributed by atoms with E-state index in [4.69, 9.17) is 0 Å².